The zero-order valence-corrected chi connectivity index (χ0v) is 14.7. The van der Waals surface area contributed by atoms with Crippen molar-refractivity contribution in [2.45, 2.75) is 37.8 Å². The molecule has 0 spiro atoms. The van der Waals surface area contributed by atoms with E-state index in [9.17, 15) is 4.79 Å². The quantitative estimate of drug-likeness (QED) is 0.784. The third kappa shape index (κ3) is 3.42. The zero-order chi connectivity index (χ0) is 16.4. The first-order chi connectivity index (χ1) is 11.1. The summed E-state index contributed by atoms with van der Waals surface area (Å²) in [6.45, 7) is 5.05. The number of thioether (sulfide) groups is 1. The van der Waals surface area contributed by atoms with Crippen LogP contribution in [-0.4, -0.2) is 28.6 Å². The highest BCUT2D eigenvalue weighted by Crippen LogP contribution is 2.34. The van der Waals surface area contributed by atoms with E-state index in [2.05, 4.69) is 37.0 Å². The van der Waals surface area contributed by atoms with Crippen LogP contribution < -0.4 is 0 Å². The second kappa shape index (κ2) is 6.75. The van der Waals surface area contributed by atoms with Gasteiger partial charge in [-0.15, -0.1) is 11.8 Å². The summed E-state index contributed by atoms with van der Waals surface area (Å²) < 4.78 is 0. The van der Waals surface area contributed by atoms with E-state index in [1.54, 1.807) is 18.0 Å². The minimum absolute atomic E-state index is 0.0896. The Morgan fingerprint density at radius 1 is 1.22 bits per heavy atom. The highest BCUT2D eigenvalue weighted by atomic mass is 32.2. The van der Waals surface area contributed by atoms with Crippen LogP contribution in [-0.2, 0) is 0 Å². The largest absolute Gasteiger partial charge is 0.332 e. The van der Waals surface area contributed by atoms with Crippen molar-refractivity contribution >= 4 is 17.7 Å². The molecular weight excluding hydrogens is 304 g/mol. The molecule has 1 fully saturated rings. The standard InChI is InChI=1S/C19H22N2OS/c1-13-9-14(2)11-16(10-13)17-5-4-8-21(17)19(22)15-6-7-18(23-3)20-12-15/h6-7,9-12,17H,4-5,8H2,1-3H3. The number of nitrogens with zero attached hydrogens (tertiary/aromatic N) is 2. The van der Waals surface area contributed by atoms with Crippen molar-refractivity contribution in [3.05, 3.63) is 58.8 Å². The number of amides is 1. The van der Waals surface area contributed by atoms with Crippen molar-refractivity contribution in [1.82, 2.24) is 9.88 Å². The molecule has 3 nitrogen and oxygen atoms in total. The van der Waals surface area contributed by atoms with Crippen LogP contribution in [0.2, 0.25) is 0 Å². The molecule has 120 valence electrons. The molecule has 0 N–H and O–H groups in total. The monoisotopic (exact) mass is 326 g/mol. The van der Waals surface area contributed by atoms with Crippen LogP contribution in [0.3, 0.4) is 0 Å². The smallest absolute Gasteiger partial charge is 0.255 e. The minimum atomic E-state index is 0.0896. The van der Waals surface area contributed by atoms with Gasteiger partial charge in [0.2, 0.25) is 0 Å². The minimum Gasteiger partial charge on any atom is -0.332 e. The first-order valence-electron chi connectivity index (χ1n) is 7.97. The summed E-state index contributed by atoms with van der Waals surface area (Å²) >= 11 is 1.59. The maximum absolute atomic E-state index is 12.9. The Morgan fingerprint density at radius 2 is 1.96 bits per heavy atom. The van der Waals surface area contributed by atoms with E-state index in [1.807, 2.05) is 23.3 Å². The van der Waals surface area contributed by atoms with Gasteiger partial charge < -0.3 is 4.90 Å². The van der Waals surface area contributed by atoms with Crippen LogP contribution in [0, 0.1) is 13.8 Å². The van der Waals surface area contributed by atoms with Crippen molar-refractivity contribution in [3.8, 4) is 0 Å². The number of aryl methyl sites for hydroxylation is 2. The topological polar surface area (TPSA) is 33.2 Å². The molecule has 3 rings (SSSR count). The number of rotatable bonds is 3. The van der Waals surface area contributed by atoms with Gasteiger partial charge in [0, 0.05) is 12.7 Å². The maximum Gasteiger partial charge on any atom is 0.255 e. The van der Waals surface area contributed by atoms with Gasteiger partial charge >= 0.3 is 0 Å². The molecule has 1 aromatic carbocycles. The molecule has 1 aliphatic rings. The molecule has 0 radical (unpaired) electrons. The van der Waals surface area contributed by atoms with E-state index < -0.39 is 0 Å². The Labute approximate surface area is 142 Å². The average Bonchev–Trinajstić information content (AvgIpc) is 3.03. The number of carbonyl (C=O) groups is 1. The van der Waals surface area contributed by atoms with E-state index in [0.717, 1.165) is 24.4 Å². The molecule has 1 saturated heterocycles. The Balaban J connectivity index is 1.86. The number of hydrogen-bond donors (Lipinski definition) is 0. The van der Waals surface area contributed by atoms with Crippen LogP contribution in [0.1, 0.15) is 45.9 Å². The van der Waals surface area contributed by atoms with Gasteiger partial charge in [0.05, 0.1) is 16.6 Å². The van der Waals surface area contributed by atoms with Crippen LogP contribution in [0.25, 0.3) is 0 Å². The normalized spacial score (nSPS) is 17.5. The number of hydrogen-bond acceptors (Lipinski definition) is 3. The van der Waals surface area contributed by atoms with Gasteiger partial charge in [-0.2, -0.15) is 0 Å². The fraction of sp³-hybridized carbons (Fsp3) is 0.368. The summed E-state index contributed by atoms with van der Waals surface area (Å²) in [5.41, 5.74) is 4.44. The maximum atomic E-state index is 12.9. The van der Waals surface area contributed by atoms with Crippen molar-refractivity contribution < 1.29 is 4.79 Å². The lowest BCUT2D eigenvalue weighted by Gasteiger charge is -2.25. The summed E-state index contributed by atoms with van der Waals surface area (Å²) in [5, 5.41) is 0.939. The van der Waals surface area contributed by atoms with Crippen LogP contribution in [0.5, 0.6) is 0 Å². The molecule has 4 heteroatoms. The molecule has 2 aromatic rings. The molecule has 1 aliphatic heterocycles. The van der Waals surface area contributed by atoms with Crippen molar-refractivity contribution in [2.75, 3.05) is 12.8 Å². The van der Waals surface area contributed by atoms with Gasteiger partial charge in [-0.3, -0.25) is 4.79 Å². The molecule has 1 unspecified atom stereocenters. The van der Waals surface area contributed by atoms with Crippen molar-refractivity contribution in [2.24, 2.45) is 0 Å². The second-order valence-corrected chi connectivity index (χ2v) is 6.99. The Hall–Kier alpha value is -1.81. The molecule has 0 aliphatic carbocycles. The predicted molar refractivity (Wildman–Crippen MR) is 94.9 cm³/mol. The number of carbonyl (C=O) groups excluding carboxylic acids is 1. The first kappa shape index (κ1) is 16.1. The summed E-state index contributed by atoms with van der Waals surface area (Å²) in [4.78, 5) is 19.2. The van der Waals surface area contributed by atoms with E-state index in [1.165, 1.54) is 16.7 Å². The number of benzene rings is 1. The van der Waals surface area contributed by atoms with Gasteiger partial charge in [-0.25, -0.2) is 4.98 Å². The summed E-state index contributed by atoms with van der Waals surface area (Å²) in [6.07, 6.45) is 5.77. The molecule has 1 amide bonds. The highest BCUT2D eigenvalue weighted by Gasteiger charge is 2.30. The second-order valence-electron chi connectivity index (χ2n) is 6.17. The lowest BCUT2D eigenvalue weighted by molar-refractivity contribution is 0.0735. The van der Waals surface area contributed by atoms with Crippen LogP contribution >= 0.6 is 11.8 Å². The number of likely N-dealkylation sites (tertiary alicyclic amines) is 1. The van der Waals surface area contributed by atoms with Gasteiger partial charge in [-0.05, 0) is 50.6 Å². The van der Waals surface area contributed by atoms with Gasteiger partial charge in [0.15, 0.2) is 0 Å². The number of aromatic nitrogens is 1. The van der Waals surface area contributed by atoms with Gasteiger partial charge in [0.1, 0.15) is 0 Å². The van der Waals surface area contributed by atoms with Crippen LogP contribution in [0.15, 0.2) is 41.6 Å². The zero-order valence-electron chi connectivity index (χ0n) is 13.9. The fourth-order valence-electron chi connectivity index (χ4n) is 3.35. The highest BCUT2D eigenvalue weighted by molar-refractivity contribution is 7.98. The predicted octanol–water partition coefficient (Wildman–Crippen LogP) is 4.40. The van der Waals surface area contributed by atoms with E-state index in [4.69, 9.17) is 0 Å². The summed E-state index contributed by atoms with van der Waals surface area (Å²) in [7, 11) is 0. The molecule has 0 saturated carbocycles. The van der Waals surface area contributed by atoms with Gasteiger partial charge in [-0.1, -0.05) is 29.3 Å². The molecule has 23 heavy (non-hydrogen) atoms. The Kier molecular flexibility index (Phi) is 4.71. The number of pyridine rings is 1. The molecule has 0 bridgehead atoms. The third-order valence-corrected chi connectivity index (χ3v) is 4.99. The average molecular weight is 326 g/mol. The fourth-order valence-corrected chi connectivity index (χ4v) is 3.71. The molecule has 1 atom stereocenters. The van der Waals surface area contributed by atoms with E-state index in [0.29, 0.717) is 5.56 Å². The van der Waals surface area contributed by atoms with Gasteiger partial charge in [0.25, 0.3) is 5.91 Å². The molecule has 2 heterocycles. The van der Waals surface area contributed by atoms with E-state index in [-0.39, 0.29) is 11.9 Å². The first-order valence-corrected chi connectivity index (χ1v) is 9.20. The summed E-state index contributed by atoms with van der Waals surface area (Å²) in [6, 6.07) is 10.6. The lowest BCUT2D eigenvalue weighted by Crippen LogP contribution is -2.30. The van der Waals surface area contributed by atoms with Crippen molar-refractivity contribution in [3.63, 3.8) is 0 Å². The van der Waals surface area contributed by atoms with Crippen LogP contribution in [0.4, 0.5) is 0 Å². The lowest BCUT2D eigenvalue weighted by atomic mass is 9.99. The Morgan fingerprint density at radius 3 is 2.57 bits per heavy atom. The third-order valence-electron chi connectivity index (χ3n) is 4.33. The van der Waals surface area contributed by atoms with E-state index >= 15 is 0 Å². The van der Waals surface area contributed by atoms with Crippen molar-refractivity contribution in [1.29, 1.82) is 0 Å². The molecular formula is C19H22N2OS. The molecule has 1 aromatic heterocycles. The Bertz CT molecular complexity index is 692. The SMILES string of the molecule is CSc1ccc(C(=O)N2CCCC2c2cc(C)cc(C)c2)cn1. The summed E-state index contributed by atoms with van der Waals surface area (Å²) in [5.74, 6) is 0.0896.